The van der Waals surface area contributed by atoms with Crippen LogP contribution in [0.25, 0.3) is 0 Å². The maximum Gasteiger partial charge on any atom is 0.418 e. The highest BCUT2D eigenvalue weighted by atomic mass is 15.2. The van der Waals surface area contributed by atoms with Crippen molar-refractivity contribution in [3.8, 4) is 0 Å². The van der Waals surface area contributed by atoms with E-state index in [-0.39, 0.29) is 0 Å². The fraction of sp³-hybridized carbons (Fsp3) is 0.0625. The van der Waals surface area contributed by atoms with Gasteiger partial charge in [0.2, 0.25) is 0 Å². The van der Waals surface area contributed by atoms with Crippen LogP contribution in [0.1, 0.15) is 0 Å². The number of aromatic nitrogens is 2. The molecule has 2 aromatic carbocycles. The van der Waals surface area contributed by atoms with E-state index in [9.17, 15) is 0 Å². The van der Waals surface area contributed by atoms with Crippen molar-refractivity contribution in [3.05, 3.63) is 60.9 Å². The number of benzene rings is 2. The fourth-order valence-electron chi connectivity index (χ4n) is 1.95. The van der Waals surface area contributed by atoms with Gasteiger partial charge in [0.1, 0.15) is 5.69 Å². The lowest BCUT2D eigenvalue weighted by Crippen LogP contribution is -2.24. The van der Waals surface area contributed by atoms with Gasteiger partial charge in [0.15, 0.2) is 0 Å². The van der Waals surface area contributed by atoms with Gasteiger partial charge in [0, 0.05) is 22.2 Å². The number of nitrogens with zero attached hydrogens (tertiary/aromatic N) is 3. The van der Waals surface area contributed by atoms with Crippen molar-refractivity contribution in [1.82, 2.24) is 4.98 Å². The van der Waals surface area contributed by atoms with E-state index in [2.05, 4.69) is 20.5 Å². The Morgan fingerprint density at radius 1 is 0.955 bits per heavy atom. The smallest absolute Gasteiger partial charge is 0.399 e. The molecule has 4 N–H and O–H groups in total. The Morgan fingerprint density at radius 3 is 2.18 bits per heavy atom. The summed E-state index contributed by atoms with van der Waals surface area (Å²) in [7, 11) is 1.91. The molecular weight excluding hydrogens is 276 g/mol. The average molecular weight is 293 g/mol. The van der Waals surface area contributed by atoms with Gasteiger partial charge < -0.3 is 11.1 Å². The summed E-state index contributed by atoms with van der Waals surface area (Å²) < 4.78 is 1.86. The number of imidazole rings is 1. The molecule has 0 aliphatic carbocycles. The van der Waals surface area contributed by atoms with E-state index in [1.165, 1.54) is 0 Å². The predicted octanol–water partition coefficient (Wildman–Crippen LogP) is 3.58. The van der Waals surface area contributed by atoms with Crippen molar-refractivity contribution in [3.63, 3.8) is 0 Å². The first-order valence-corrected chi connectivity index (χ1v) is 6.88. The third-order valence-electron chi connectivity index (χ3n) is 3.17. The summed E-state index contributed by atoms with van der Waals surface area (Å²) in [5.41, 5.74) is 9.18. The summed E-state index contributed by atoms with van der Waals surface area (Å²) >= 11 is 0. The van der Waals surface area contributed by atoms with E-state index < -0.39 is 0 Å². The van der Waals surface area contributed by atoms with Gasteiger partial charge in [-0.25, -0.2) is 9.55 Å². The summed E-state index contributed by atoms with van der Waals surface area (Å²) in [5, 5.41) is 11.7. The van der Waals surface area contributed by atoms with Crippen LogP contribution >= 0.6 is 0 Å². The molecule has 0 radical (unpaired) electrons. The van der Waals surface area contributed by atoms with Crippen molar-refractivity contribution < 1.29 is 4.57 Å². The summed E-state index contributed by atoms with van der Waals surface area (Å²) in [5.74, 6) is 0.698. The molecule has 0 spiro atoms. The van der Waals surface area contributed by atoms with Crippen molar-refractivity contribution in [1.29, 1.82) is 0 Å². The van der Waals surface area contributed by atoms with Crippen LogP contribution in [-0.4, -0.2) is 4.98 Å². The molecule has 0 amide bonds. The predicted molar refractivity (Wildman–Crippen MR) is 86.7 cm³/mol. The largest absolute Gasteiger partial charge is 0.418 e. The normalized spacial score (nSPS) is 11.0. The maximum atomic E-state index is 5.67. The highest BCUT2D eigenvalue weighted by Gasteiger charge is 2.04. The molecule has 3 rings (SSSR count). The van der Waals surface area contributed by atoms with Crippen LogP contribution in [0.3, 0.4) is 0 Å². The quantitative estimate of drug-likeness (QED) is 0.390. The van der Waals surface area contributed by atoms with Crippen molar-refractivity contribution in [2.24, 2.45) is 17.3 Å². The Bertz CT molecular complexity index is 771. The van der Waals surface area contributed by atoms with Crippen LogP contribution in [0.5, 0.6) is 0 Å². The number of hydrogen-bond donors (Lipinski definition) is 3. The summed E-state index contributed by atoms with van der Waals surface area (Å²) in [6.45, 7) is 0. The minimum Gasteiger partial charge on any atom is -0.399 e. The third kappa shape index (κ3) is 3.29. The average Bonchev–Trinajstić information content (AvgIpc) is 2.94. The molecule has 0 aliphatic heterocycles. The molecule has 0 unspecified atom stereocenters. The van der Waals surface area contributed by atoms with Crippen molar-refractivity contribution in [2.45, 2.75) is 0 Å². The molecule has 3 aromatic rings. The molecule has 1 aromatic heterocycles. The summed E-state index contributed by atoms with van der Waals surface area (Å²) in [6, 6.07) is 15.3. The van der Waals surface area contributed by atoms with Crippen molar-refractivity contribution in [2.75, 3.05) is 11.1 Å². The minimum atomic E-state index is 0.698. The molecular formula is C16H17N6+. The van der Waals surface area contributed by atoms with E-state index in [4.69, 9.17) is 5.73 Å². The highest BCUT2D eigenvalue weighted by Crippen LogP contribution is 2.21. The second kappa shape index (κ2) is 6.09. The number of nitrogen functional groups attached to an aromatic ring is 1. The second-order valence-electron chi connectivity index (χ2n) is 4.89. The molecule has 0 aliphatic rings. The Kier molecular flexibility index (Phi) is 3.82. The van der Waals surface area contributed by atoms with Crippen LogP contribution in [0, 0.1) is 0 Å². The first kappa shape index (κ1) is 13.8. The van der Waals surface area contributed by atoms with E-state index >= 15 is 0 Å². The number of aromatic amines is 1. The van der Waals surface area contributed by atoms with Gasteiger partial charge in [-0.05, 0) is 48.5 Å². The van der Waals surface area contributed by atoms with E-state index in [1.54, 1.807) is 0 Å². The number of nitrogens with two attached hydrogens (primary N) is 1. The lowest BCUT2D eigenvalue weighted by molar-refractivity contribution is -0.657. The van der Waals surface area contributed by atoms with Gasteiger partial charge in [-0.1, -0.05) is 5.11 Å². The molecule has 0 saturated heterocycles. The highest BCUT2D eigenvalue weighted by molar-refractivity contribution is 5.63. The number of azo groups is 1. The molecule has 6 heteroatoms. The minimum absolute atomic E-state index is 0.698. The zero-order valence-electron chi connectivity index (χ0n) is 12.2. The summed E-state index contributed by atoms with van der Waals surface area (Å²) in [4.78, 5) is 3.00. The standard InChI is InChI=1S/C16H16N6/c1-22-11-10-18-16(22)21-20-15-8-6-14(7-9-15)19-13-4-2-12(17)3-5-13/h2-11H,1H3,(H3,17,18,19,20,21)/p+1. The van der Waals surface area contributed by atoms with Crippen LogP contribution < -0.4 is 15.6 Å². The first-order chi connectivity index (χ1) is 10.7. The summed E-state index contributed by atoms with van der Waals surface area (Å²) in [6.07, 6.45) is 3.70. The van der Waals surface area contributed by atoms with E-state index in [0.717, 1.165) is 22.7 Å². The van der Waals surface area contributed by atoms with Gasteiger partial charge in [-0.15, -0.1) is 0 Å². The monoisotopic (exact) mass is 293 g/mol. The number of nitrogens with one attached hydrogen (secondary N) is 2. The van der Waals surface area contributed by atoms with Gasteiger partial charge in [0.05, 0.1) is 19.4 Å². The van der Waals surface area contributed by atoms with E-state index in [0.29, 0.717) is 5.95 Å². The SMILES string of the molecule is C[n+]1cc[nH]c1N=Nc1ccc(Nc2ccc(N)cc2)cc1. The Balaban J connectivity index is 1.69. The number of H-pyrrole nitrogens is 1. The molecule has 0 bridgehead atoms. The molecule has 0 atom stereocenters. The Labute approximate surface area is 128 Å². The third-order valence-corrected chi connectivity index (χ3v) is 3.17. The molecule has 1 heterocycles. The maximum absolute atomic E-state index is 5.67. The number of rotatable bonds is 4. The fourth-order valence-corrected chi connectivity index (χ4v) is 1.95. The van der Waals surface area contributed by atoms with Crippen LogP contribution in [-0.2, 0) is 7.05 Å². The lowest BCUT2D eigenvalue weighted by Gasteiger charge is -2.06. The van der Waals surface area contributed by atoms with Crippen LogP contribution in [0.4, 0.5) is 28.7 Å². The Hall–Kier alpha value is -3.15. The zero-order chi connectivity index (χ0) is 15.4. The molecule has 110 valence electrons. The molecule has 0 fully saturated rings. The number of hydrogen-bond acceptors (Lipinski definition) is 4. The molecule has 6 nitrogen and oxygen atoms in total. The first-order valence-electron chi connectivity index (χ1n) is 6.88. The number of aryl methyl sites for hydroxylation is 1. The van der Waals surface area contributed by atoms with Crippen LogP contribution in [0.15, 0.2) is 71.2 Å². The lowest BCUT2D eigenvalue weighted by atomic mass is 10.2. The van der Waals surface area contributed by atoms with Gasteiger partial charge >= 0.3 is 5.95 Å². The molecule has 22 heavy (non-hydrogen) atoms. The zero-order valence-corrected chi connectivity index (χ0v) is 12.2. The molecule has 0 saturated carbocycles. The Morgan fingerprint density at radius 2 is 1.59 bits per heavy atom. The second-order valence-corrected chi connectivity index (χ2v) is 4.89. The van der Waals surface area contributed by atoms with Gasteiger partial charge in [-0.2, -0.15) is 0 Å². The number of anilines is 3. The van der Waals surface area contributed by atoms with Crippen molar-refractivity contribution >= 4 is 28.7 Å². The van der Waals surface area contributed by atoms with Gasteiger partial charge in [-0.3, -0.25) is 0 Å². The topological polar surface area (TPSA) is 82.4 Å². The van der Waals surface area contributed by atoms with Crippen LogP contribution in [0.2, 0.25) is 0 Å². The van der Waals surface area contributed by atoms with E-state index in [1.807, 2.05) is 72.5 Å². The van der Waals surface area contributed by atoms with Gasteiger partial charge in [0.25, 0.3) is 0 Å².